The highest BCUT2D eigenvalue weighted by Crippen LogP contribution is 2.25. The molecule has 0 bridgehead atoms. The maximum atomic E-state index is 12.0. The zero-order valence-electron chi connectivity index (χ0n) is 15.5. The Morgan fingerprint density at radius 1 is 1.07 bits per heavy atom. The number of rotatable bonds is 7. The van der Waals surface area contributed by atoms with Crippen LogP contribution in [0.25, 0.3) is 0 Å². The molecule has 0 saturated heterocycles. The van der Waals surface area contributed by atoms with Gasteiger partial charge in [-0.05, 0) is 72.1 Å². The minimum absolute atomic E-state index is 0.0819. The molecule has 0 atom stereocenters. The Hall–Kier alpha value is -2.67. The molecule has 0 radical (unpaired) electrons. The third-order valence-corrected chi connectivity index (χ3v) is 4.16. The molecular formula is C20H22BrN3O3. The van der Waals surface area contributed by atoms with E-state index in [2.05, 4.69) is 31.8 Å². The first-order valence-corrected chi connectivity index (χ1v) is 9.20. The number of aryl methyl sites for hydroxylation is 2. The van der Waals surface area contributed by atoms with E-state index < -0.39 is 5.91 Å². The summed E-state index contributed by atoms with van der Waals surface area (Å²) in [5.74, 6) is -0.0224. The van der Waals surface area contributed by atoms with Crippen LogP contribution in [0.4, 0.5) is 5.69 Å². The minimum Gasteiger partial charge on any atom is -0.483 e. The average molecular weight is 432 g/mol. The lowest BCUT2D eigenvalue weighted by molar-refractivity contribution is -0.123. The highest BCUT2D eigenvalue weighted by atomic mass is 79.9. The molecule has 27 heavy (non-hydrogen) atoms. The summed E-state index contributed by atoms with van der Waals surface area (Å²) in [5.41, 5.74) is 5.76. The normalized spacial score (nSPS) is 11.0. The van der Waals surface area contributed by atoms with Crippen LogP contribution in [0.15, 0.2) is 52.0 Å². The average Bonchev–Trinajstić information content (AvgIpc) is 2.59. The summed E-state index contributed by atoms with van der Waals surface area (Å²) in [7, 11) is 0. The van der Waals surface area contributed by atoms with Gasteiger partial charge in [-0.3, -0.25) is 9.59 Å². The van der Waals surface area contributed by atoms with Crippen LogP contribution in [0, 0.1) is 13.8 Å². The van der Waals surface area contributed by atoms with Gasteiger partial charge in [0.25, 0.3) is 5.91 Å². The van der Waals surface area contributed by atoms with E-state index in [1.165, 1.54) is 0 Å². The highest BCUT2D eigenvalue weighted by molar-refractivity contribution is 9.10. The number of anilines is 1. The van der Waals surface area contributed by atoms with Crippen molar-refractivity contribution in [2.24, 2.45) is 5.10 Å². The number of halogens is 1. The summed E-state index contributed by atoms with van der Waals surface area (Å²) in [4.78, 5) is 23.9. The van der Waals surface area contributed by atoms with Crippen LogP contribution in [-0.4, -0.2) is 24.1 Å². The molecule has 6 nitrogen and oxygen atoms in total. The summed E-state index contributed by atoms with van der Waals surface area (Å²) >= 11 is 3.39. The fraction of sp³-hybridized carbons (Fsp3) is 0.250. The van der Waals surface area contributed by atoms with Crippen LogP contribution < -0.4 is 15.5 Å². The number of nitrogens with zero attached hydrogens (tertiary/aromatic N) is 1. The monoisotopic (exact) mass is 431 g/mol. The van der Waals surface area contributed by atoms with E-state index in [-0.39, 0.29) is 18.9 Å². The van der Waals surface area contributed by atoms with Crippen LogP contribution in [0.3, 0.4) is 0 Å². The Labute approximate surface area is 167 Å². The summed E-state index contributed by atoms with van der Waals surface area (Å²) in [6.45, 7) is 5.42. The second-order valence-electron chi connectivity index (χ2n) is 6.20. The second-order valence-corrected chi connectivity index (χ2v) is 7.05. The van der Waals surface area contributed by atoms with Crippen molar-refractivity contribution in [2.75, 3.05) is 11.9 Å². The van der Waals surface area contributed by atoms with E-state index in [1.807, 2.05) is 50.2 Å². The molecule has 0 unspecified atom stereocenters. The number of benzene rings is 2. The number of ether oxygens (including phenoxy) is 1. The van der Waals surface area contributed by atoms with Gasteiger partial charge in [-0.1, -0.05) is 18.2 Å². The number of hydrazone groups is 1. The quantitative estimate of drug-likeness (QED) is 0.514. The van der Waals surface area contributed by atoms with E-state index in [0.717, 1.165) is 21.3 Å². The Bertz CT molecular complexity index is 865. The van der Waals surface area contributed by atoms with Gasteiger partial charge in [0.15, 0.2) is 6.61 Å². The first-order valence-electron chi connectivity index (χ1n) is 8.41. The van der Waals surface area contributed by atoms with E-state index >= 15 is 0 Å². The molecule has 2 aromatic carbocycles. The maximum Gasteiger partial charge on any atom is 0.277 e. The molecule has 0 heterocycles. The molecule has 2 aromatic rings. The van der Waals surface area contributed by atoms with Crippen molar-refractivity contribution in [3.05, 3.63) is 58.1 Å². The molecule has 7 heteroatoms. The predicted molar refractivity (Wildman–Crippen MR) is 110 cm³/mol. The van der Waals surface area contributed by atoms with Crippen LogP contribution in [0.5, 0.6) is 5.75 Å². The molecule has 0 aliphatic carbocycles. The lowest BCUT2D eigenvalue weighted by Gasteiger charge is -2.08. The number of nitrogens with one attached hydrogen (secondary N) is 2. The first kappa shape index (κ1) is 20.6. The van der Waals surface area contributed by atoms with Gasteiger partial charge >= 0.3 is 0 Å². The number of carbonyl (C=O) groups excluding carboxylic acids is 2. The van der Waals surface area contributed by atoms with Crippen molar-refractivity contribution in [3.63, 3.8) is 0 Å². The van der Waals surface area contributed by atoms with E-state index in [1.54, 1.807) is 13.0 Å². The molecule has 0 spiro atoms. The number of hydrogen-bond donors (Lipinski definition) is 2. The standard InChI is InChI=1S/C20H22BrN3O3/c1-13-5-4-6-16(9-13)22-19(25)11-15(3)23-24-20(26)12-27-18-8-7-14(2)10-17(18)21/h4-10H,11-12H2,1-3H3,(H,22,25)(H,24,26). The molecular weight excluding hydrogens is 410 g/mol. The van der Waals surface area contributed by atoms with Crippen LogP contribution in [0.2, 0.25) is 0 Å². The lowest BCUT2D eigenvalue weighted by Crippen LogP contribution is -2.26. The van der Waals surface area contributed by atoms with Crippen LogP contribution >= 0.6 is 15.9 Å². The molecule has 142 valence electrons. The summed E-state index contributed by atoms with van der Waals surface area (Å²) in [5, 5.41) is 6.73. The molecule has 0 aromatic heterocycles. The molecule has 2 N–H and O–H groups in total. The lowest BCUT2D eigenvalue weighted by atomic mass is 10.2. The van der Waals surface area contributed by atoms with E-state index in [4.69, 9.17) is 4.74 Å². The second kappa shape index (κ2) is 9.87. The molecule has 2 amide bonds. The topological polar surface area (TPSA) is 79.8 Å². The summed E-state index contributed by atoms with van der Waals surface area (Å²) in [6, 6.07) is 13.1. The SMILES string of the molecule is CC(CC(=O)Nc1cccc(C)c1)=NNC(=O)COc1ccc(C)cc1Br. The third kappa shape index (κ3) is 7.22. The van der Waals surface area contributed by atoms with Crippen molar-refractivity contribution in [1.82, 2.24) is 5.43 Å². The minimum atomic E-state index is -0.402. The fourth-order valence-corrected chi connectivity index (χ4v) is 2.86. The van der Waals surface area contributed by atoms with Crippen molar-refractivity contribution >= 4 is 39.1 Å². The zero-order valence-corrected chi connectivity index (χ0v) is 17.1. The van der Waals surface area contributed by atoms with Crippen LogP contribution in [-0.2, 0) is 9.59 Å². The number of amides is 2. The Balaban J connectivity index is 1.78. The highest BCUT2D eigenvalue weighted by Gasteiger charge is 2.07. The molecule has 0 aliphatic heterocycles. The molecule has 0 aliphatic rings. The van der Waals surface area contributed by atoms with Gasteiger partial charge in [-0.2, -0.15) is 5.10 Å². The molecule has 0 fully saturated rings. The first-order chi connectivity index (χ1) is 12.8. The van der Waals surface area contributed by atoms with Gasteiger partial charge in [0.1, 0.15) is 5.75 Å². The van der Waals surface area contributed by atoms with Crippen LogP contribution in [0.1, 0.15) is 24.5 Å². The van der Waals surface area contributed by atoms with Gasteiger partial charge in [0.05, 0.1) is 10.9 Å². The molecule has 2 rings (SSSR count). The predicted octanol–water partition coefficient (Wildman–Crippen LogP) is 3.97. The Morgan fingerprint density at radius 3 is 2.52 bits per heavy atom. The van der Waals surface area contributed by atoms with Crippen molar-refractivity contribution in [2.45, 2.75) is 27.2 Å². The van der Waals surface area contributed by atoms with Crippen molar-refractivity contribution in [3.8, 4) is 5.75 Å². The smallest absolute Gasteiger partial charge is 0.277 e. The number of hydrogen-bond acceptors (Lipinski definition) is 4. The van der Waals surface area contributed by atoms with Gasteiger partial charge in [-0.15, -0.1) is 0 Å². The fourth-order valence-electron chi connectivity index (χ4n) is 2.26. The summed E-state index contributed by atoms with van der Waals surface area (Å²) in [6.07, 6.45) is 0.0819. The van der Waals surface area contributed by atoms with Crippen molar-refractivity contribution < 1.29 is 14.3 Å². The van der Waals surface area contributed by atoms with Crippen molar-refractivity contribution in [1.29, 1.82) is 0 Å². The third-order valence-electron chi connectivity index (χ3n) is 3.54. The largest absolute Gasteiger partial charge is 0.483 e. The zero-order chi connectivity index (χ0) is 19.8. The van der Waals surface area contributed by atoms with Gasteiger partial charge in [0.2, 0.25) is 5.91 Å². The molecule has 0 saturated carbocycles. The summed E-state index contributed by atoms with van der Waals surface area (Å²) < 4.78 is 6.23. The Morgan fingerprint density at radius 2 is 1.81 bits per heavy atom. The van der Waals surface area contributed by atoms with Gasteiger partial charge in [0, 0.05) is 11.4 Å². The van der Waals surface area contributed by atoms with Gasteiger partial charge in [-0.25, -0.2) is 5.43 Å². The Kier molecular flexibility index (Phi) is 7.55. The van der Waals surface area contributed by atoms with E-state index in [0.29, 0.717) is 11.5 Å². The van der Waals surface area contributed by atoms with E-state index in [9.17, 15) is 9.59 Å². The van der Waals surface area contributed by atoms with Gasteiger partial charge < -0.3 is 10.1 Å². The number of carbonyl (C=O) groups is 2. The maximum absolute atomic E-state index is 12.0.